The molecule has 0 aliphatic heterocycles. The number of anilines is 1. The summed E-state index contributed by atoms with van der Waals surface area (Å²) in [5.74, 6) is 0.322. The molecule has 0 aliphatic carbocycles. The van der Waals surface area contributed by atoms with E-state index in [1.807, 2.05) is 19.1 Å². The normalized spacial score (nSPS) is 10.2. The van der Waals surface area contributed by atoms with Crippen LogP contribution in [0.2, 0.25) is 0 Å². The molecule has 0 bridgehead atoms. The van der Waals surface area contributed by atoms with Crippen LogP contribution in [0.3, 0.4) is 0 Å². The van der Waals surface area contributed by atoms with Crippen molar-refractivity contribution in [2.45, 2.75) is 19.1 Å². The van der Waals surface area contributed by atoms with E-state index < -0.39 is 5.97 Å². The highest BCUT2D eigenvalue weighted by Crippen LogP contribution is 2.15. The molecule has 0 atom stereocenters. The average Bonchev–Trinajstić information content (AvgIpc) is 2.67. The van der Waals surface area contributed by atoms with Crippen molar-refractivity contribution in [3.8, 4) is 0 Å². The van der Waals surface area contributed by atoms with Crippen molar-refractivity contribution in [1.29, 1.82) is 0 Å². The molecule has 148 valence electrons. The number of esters is 1. The molecule has 0 heterocycles. The lowest BCUT2D eigenvalue weighted by Gasteiger charge is -2.07. The minimum atomic E-state index is -0.494. The van der Waals surface area contributed by atoms with Crippen LogP contribution in [0.15, 0.2) is 48.5 Å². The Morgan fingerprint density at radius 2 is 1.75 bits per heavy atom. The van der Waals surface area contributed by atoms with Crippen LogP contribution in [0.4, 0.5) is 5.69 Å². The molecule has 2 N–H and O–H groups in total. The van der Waals surface area contributed by atoms with Crippen molar-refractivity contribution in [2.75, 3.05) is 24.7 Å². The summed E-state index contributed by atoms with van der Waals surface area (Å²) in [5.41, 5.74) is 3.88. The number of carbonyl (C=O) groups is 3. The number of nitrogens with one attached hydrogen (secondary N) is 2. The minimum Gasteiger partial charge on any atom is -0.468 e. The van der Waals surface area contributed by atoms with Crippen LogP contribution in [-0.2, 0) is 31.3 Å². The maximum Gasteiger partial charge on any atom is 0.325 e. The topological polar surface area (TPSA) is 84.5 Å². The lowest BCUT2D eigenvalue weighted by Crippen LogP contribution is -2.31. The van der Waals surface area contributed by atoms with Crippen molar-refractivity contribution < 1.29 is 19.1 Å². The van der Waals surface area contributed by atoms with Crippen molar-refractivity contribution in [3.05, 3.63) is 65.2 Å². The number of hydrogen-bond acceptors (Lipinski definition) is 5. The Kier molecular flexibility index (Phi) is 8.55. The van der Waals surface area contributed by atoms with Gasteiger partial charge in [-0.25, -0.2) is 0 Å². The van der Waals surface area contributed by atoms with Gasteiger partial charge in [0.25, 0.3) is 0 Å². The summed E-state index contributed by atoms with van der Waals surface area (Å²) in [5, 5.41) is 5.33. The Bertz CT molecular complexity index is 821. The molecule has 0 aromatic heterocycles. The molecule has 2 amide bonds. The van der Waals surface area contributed by atoms with E-state index in [1.165, 1.54) is 18.2 Å². The van der Waals surface area contributed by atoms with Gasteiger partial charge >= 0.3 is 5.97 Å². The van der Waals surface area contributed by atoms with Gasteiger partial charge in [0.05, 0.1) is 19.3 Å². The fourth-order valence-corrected chi connectivity index (χ4v) is 3.23. The smallest absolute Gasteiger partial charge is 0.325 e. The van der Waals surface area contributed by atoms with Gasteiger partial charge in [0, 0.05) is 11.4 Å². The summed E-state index contributed by atoms with van der Waals surface area (Å²) in [6.07, 6.45) is 0.150. The van der Waals surface area contributed by atoms with Gasteiger partial charge in [-0.1, -0.05) is 42.0 Å². The number of carbonyl (C=O) groups excluding carboxylic acids is 3. The van der Waals surface area contributed by atoms with Crippen LogP contribution in [0, 0.1) is 6.92 Å². The number of ether oxygens (including phenoxy) is 1. The molecular weight excluding hydrogens is 376 g/mol. The maximum atomic E-state index is 12.1. The van der Waals surface area contributed by atoms with E-state index in [-0.39, 0.29) is 24.8 Å². The third kappa shape index (κ3) is 7.84. The van der Waals surface area contributed by atoms with Gasteiger partial charge in [-0.2, -0.15) is 0 Å². The molecular formula is C21H24N2O4S. The van der Waals surface area contributed by atoms with Gasteiger partial charge in [0.15, 0.2) is 0 Å². The van der Waals surface area contributed by atoms with Crippen LogP contribution < -0.4 is 10.6 Å². The summed E-state index contributed by atoms with van der Waals surface area (Å²) in [6, 6.07) is 15.3. The lowest BCUT2D eigenvalue weighted by atomic mass is 10.1. The van der Waals surface area contributed by atoms with Crippen LogP contribution in [0.1, 0.15) is 16.7 Å². The van der Waals surface area contributed by atoms with Gasteiger partial charge in [0.1, 0.15) is 6.54 Å². The number of methoxy groups -OCH3 is 1. The van der Waals surface area contributed by atoms with Crippen molar-refractivity contribution in [1.82, 2.24) is 5.32 Å². The molecule has 0 unspecified atom stereocenters. The summed E-state index contributed by atoms with van der Waals surface area (Å²) in [4.78, 5) is 34.8. The summed E-state index contributed by atoms with van der Waals surface area (Å²) in [7, 11) is 1.27. The molecule has 2 aromatic rings. The quantitative estimate of drug-likeness (QED) is 0.632. The van der Waals surface area contributed by atoms with E-state index >= 15 is 0 Å². The van der Waals surface area contributed by atoms with Crippen molar-refractivity contribution in [2.24, 2.45) is 0 Å². The highest BCUT2D eigenvalue weighted by molar-refractivity contribution is 7.99. The van der Waals surface area contributed by atoms with Crippen molar-refractivity contribution in [3.63, 3.8) is 0 Å². The van der Waals surface area contributed by atoms with E-state index in [9.17, 15) is 14.4 Å². The van der Waals surface area contributed by atoms with Crippen LogP contribution in [-0.4, -0.2) is 37.2 Å². The van der Waals surface area contributed by atoms with Crippen molar-refractivity contribution >= 4 is 35.2 Å². The van der Waals surface area contributed by atoms with Crippen LogP contribution >= 0.6 is 11.8 Å². The van der Waals surface area contributed by atoms with E-state index in [1.54, 1.807) is 36.0 Å². The van der Waals surface area contributed by atoms with Crippen LogP contribution in [0.25, 0.3) is 0 Å². The van der Waals surface area contributed by atoms with E-state index in [0.717, 1.165) is 11.3 Å². The highest BCUT2D eigenvalue weighted by Gasteiger charge is 2.07. The number of benzene rings is 2. The van der Waals surface area contributed by atoms with E-state index in [2.05, 4.69) is 27.5 Å². The molecule has 0 fully saturated rings. The summed E-state index contributed by atoms with van der Waals surface area (Å²) >= 11 is 1.56. The van der Waals surface area contributed by atoms with Gasteiger partial charge in [-0.05, 0) is 30.2 Å². The second kappa shape index (κ2) is 11.1. The third-order valence-electron chi connectivity index (χ3n) is 3.84. The maximum absolute atomic E-state index is 12.1. The zero-order valence-electron chi connectivity index (χ0n) is 16.0. The largest absolute Gasteiger partial charge is 0.468 e. The van der Waals surface area contributed by atoms with E-state index in [4.69, 9.17) is 0 Å². The van der Waals surface area contributed by atoms with Gasteiger partial charge in [-0.3, -0.25) is 14.4 Å². The predicted octanol–water partition coefficient (Wildman–Crippen LogP) is 2.70. The van der Waals surface area contributed by atoms with Gasteiger partial charge < -0.3 is 15.4 Å². The predicted molar refractivity (Wildman–Crippen MR) is 111 cm³/mol. The van der Waals surface area contributed by atoms with Crippen LogP contribution in [0.5, 0.6) is 0 Å². The first-order valence-corrected chi connectivity index (χ1v) is 9.97. The van der Waals surface area contributed by atoms with Gasteiger partial charge in [0.2, 0.25) is 11.8 Å². The molecule has 0 saturated heterocycles. The Morgan fingerprint density at radius 1 is 1.00 bits per heavy atom. The summed E-state index contributed by atoms with van der Waals surface area (Å²) in [6.45, 7) is 1.90. The monoisotopic (exact) mass is 400 g/mol. The molecule has 0 radical (unpaired) electrons. The fraction of sp³-hybridized carbons (Fsp3) is 0.286. The second-order valence-electron chi connectivity index (χ2n) is 6.26. The molecule has 28 heavy (non-hydrogen) atoms. The number of aryl methyl sites for hydroxylation is 1. The number of thioether (sulfide) groups is 1. The second-order valence-corrected chi connectivity index (χ2v) is 7.24. The number of hydrogen-bond donors (Lipinski definition) is 2. The SMILES string of the molecule is COC(=O)CNC(=O)Cc1ccc(NC(=O)CSCc2cccc(C)c2)cc1. The highest BCUT2D eigenvalue weighted by atomic mass is 32.2. The molecule has 7 heteroatoms. The standard InChI is InChI=1S/C21H24N2O4S/c1-15-4-3-5-17(10-15)13-28-14-20(25)23-18-8-6-16(7-9-18)11-19(24)22-12-21(26)27-2/h3-10H,11-14H2,1-2H3,(H,22,24)(H,23,25). The zero-order chi connectivity index (χ0) is 20.4. The zero-order valence-corrected chi connectivity index (χ0v) is 16.8. The Morgan fingerprint density at radius 3 is 2.43 bits per heavy atom. The van der Waals surface area contributed by atoms with Gasteiger partial charge in [-0.15, -0.1) is 11.8 Å². The lowest BCUT2D eigenvalue weighted by molar-refractivity contribution is -0.141. The molecule has 6 nitrogen and oxygen atoms in total. The first-order valence-electron chi connectivity index (χ1n) is 8.82. The Hall–Kier alpha value is -2.80. The molecule has 2 aromatic carbocycles. The Balaban J connectivity index is 1.73. The molecule has 0 saturated carbocycles. The molecule has 2 rings (SSSR count). The average molecular weight is 401 g/mol. The molecule has 0 aliphatic rings. The van der Waals surface area contributed by atoms with E-state index in [0.29, 0.717) is 11.4 Å². The summed E-state index contributed by atoms with van der Waals surface area (Å²) < 4.78 is 4.47. The number of amides is 2. The number of rotatable bonds is 9. The Labute approximate surface area is 169 Å². The first kappa shape index (κ1) is 21.5. The third-order valence-corrected chi connectivity index (χ3v) is 4.85. The first-order chi connectivity index (χ1) is 13.5. The minimum absolute atomic E-state index is 0.0683. The molecule has 0 spiro atoms. The fourth-order valence-electron chi connectivity index (χ4n) is 2.46.